The third-order valence-electron chi connectivity index (χ3n) is 2.32. The zero-order valence-electron chi connectivity index (χ0n) is 8.60. The maximum absolute atomic E-state index is 11.3. The van der Waals surface area contributed by atoms with Gasteiger partial charge in [-0.15, -0.1) is 0 Å². The van der Waals surface area contributed by atoms with Crippen LogP contribution in [0.2, 0.25) is 0 Å². The SMILES string of the molecule is NCc1cc(-c2ccc(O)cc2)[nH]c(=O)c1. The summed E-state index contributed by atoms with van der Waals surface area (Å²) < 4.78 is 0. The Morgan fingerprint density at radius 3 is 2.50 bits per heavy atom. The number of aromatic nitrogens is 1. The van der Waals surface area contributed by atoms with Gasteiger partial charge in [0.15, 0.2) is 0 Å². The minimum absolute atomic E-state index is 0.175. The van der Waals surface area contributed by atoms with Crippen LogP contribution in [0.5, 0.6) is 5.75 Å². The number of aromatic hydroxyl groups is 1. The average molecular weight is 216 g/mol. The summed E-state index contributed by atoms with van der Waals surface area (Å²) in [7, 11) is 0. The summed E-state index contributed by atoms with van der Waals surface area (Å²) >= 11 is 0. The number of H-pyrrole nitrogens is 1. The van der Waals surface area contributed by atoms with E-state index < -0.39 is 0 Å². The summed E-state index contributed by atoms with van der Waals surface area (Å²) in [6.45, 7) is 0.328. The molecule has 16 heavy (non-hydrogen) atoms. The standard InChI is InChI=1S/C12H12N2O2/c13-7-8-5-11(14-12(16)6-8)9-1-3-10(15)4-2-9/h1-6,15H,7,13H2,(H,14,16). The van der Waals surface area contributed by atoms with Gasteiger partial charge in [-0.2, -0.15) is 0 Å². The molecule has 4 nitrogen and oxygen atoms in total. The van der Waals surface area contributed by atoms with Crippen molar-refractivity contribution < 1.29 is 5.11 Å². The van der Waals surface area contributed by atoms with E-state index in [1.807, 2.05) is 6.07 Å². The van der Waals surface area contributed by atoms with Gasteiger partial charge in [-0.3, -0.25) is 4.79 Å². The molecule has 4 N–H and O–H groups in total. The Hall–Kier alpha value is -2.07. The average Bonchev–Trinajstić information content (AvgIpc) is 2.29. The molecule has 0 unspecified atom stereocenters. The topological polar surface area (TPSA) is 79.1 Å². The second-order valence-electron chi connectivity index (χ2n) is 3.52. The number of nitrogens with two attached hydrogens (primary N) is 1. The smallest absolute Gasteiger partial charge is 0.248 e. The number of aromatic amines is 1. The lowest BCUT2D eigenvalue weighted by molar-refractivity contribution is 0.475. The first-order chi connectivity index (χ1) is 7.69. The van der Waals surface area contributed by atoms with Crippen LogP contribution >= 0.6 is 0 Å². The molecule has 1 aromatic carbocycles. The Morgan fingerprint density at radius 2 is 1.88 bits per heavy atom. The fraction of sp³-hybridized carbons (Fsp3) is 0.0833. The number of hydrogen-bond acceptors (Lipinski definition) is 3. The molecule has 0 aliphatic heterocycles. The molecular formula is C12H12N2O2. The van der Waals surface area contributed by atoms with Crippen molar-refractivity contribution in [1.29, 1.82) is 0 Å². The molecule has 4 heteroatoms. The lowest BCUT2D eigenvalue weighted by atomic mass is 10.1. The predicted molar refractivity (Wildman–Crippen MR) is 62.1 cm³/mol. The Labute approximate surface area is 92.4 Å². The van der Waals surface area contributed by atoms with Gasteiger partial charge < -0.3 is 15.8 Å². The normalized spacial score (nSPS) is 10.3. The van der Waals surface area contributed by atoms with Crippen molar-refractivity contribution in [2.75, 3.05) is 0 Å². The van der Waals surface area contributed by atoms with Gasteiger partial charge in [0.1, 0.15) is 5.75 Å². The van der Waals surface area contributed by atoms with Crippen LogP contribution in [-0.4, -0.2) is 10.1 Å². The second kappa shape index (κ2) is 4.20. The number of hydrogen-bond donors (Lipinski definition) is 3. The largest absolute Gasteiger partial charge is 0.508 e. The van der Waals surface area contributed by atoms with Gasteiger partial charge in [0.05, 0.1) is 0 Å². The lowest BCUT2D eigenvalue weighted by Crippen LogP contribution is -2.09. The van der Waals surface area contributed by atoms with Gasteiger partial charge in [-0.25, -0.2) is 0 Å². The molecule has 1 aromatic heterocycles. The van der Waals surface area contributed by atoms with Crippen molar-refractivity contribution in [3.05, 3.63) is 52.3 Å². The Balaban J connectivity index is 2.51. The predicted octanol–water partition coefficient (Wildman–Crippen LogP) is 1.21. The Morgan fingerprint density at radius 1 is 1.19 bits per heavy atom. The minimum atomic E-state index is -0.175. The lowest BCUT2D eigenvalue weighted by Gasteiger charge is -2.03. The fourth-order valence-electron chi connectivity index (χ4n) is 1.51. The van der Waals surface area contributed by atoms with Crippen LogP contribution in [0, 0.1) is 0 Å². The molecule has 0 bridgehead atoms. The van der Waals surface area contributed by atoms with Crippen LogP contribution in [0.1, 0.15) is 5.56 Å². The van der Waals surface area contributed by atoms with Gasteiger partial charge in [0.2, 0.25) is 5.56 Å². The molecule has 0 fully saturated rings. The Kier molecular flexibility index (Phi) is 2.74. The summed E-state index contributed by atoms with van der Waals surface area (Å²) in [4.78, 5) is 14.1. The molecule has 82 valence electrons. The van der Waals surface area contributed by atoms with Crippen LogP contribution in [0.3, 0.4) is 0 Å². The van der Waals surface area contributed by atoms with E-state index in [1.54, 1.807) is 24.3 Å². The van der Waals surface area contributed by atoms with Gasteiger partial charge in [-0.05, 0) is 41.5 Å². The van der Waals surface area contributed by atoms with Crippen LogP contribution < -0.4 is 11.3 Å². The van der Waals surface area contributed by atoms with Crippen molar-refractivity contribution in [3.63, 3.8) is 0 Å². The van der Waals surface area contributed by atoms with Crippen molar-refractivity contribution in [2.24, 2.45) is 5.73 Å². The molecule has 0 saturated carbocycles. The molecule has 2 aromatic rings. The highest BCUT2D eigenvalue weighted by molar-refractivity contribution is 5.60. The number of nitrogens with one attached hydrogen (secondary N) is 1. The summed E-state index contributed by atoms with van der Waals surface area (Å²) in [5, 5.41) is 9.17. The maximum Gasteiger partial charge on any atom is 0.248 e. The third-order valence-corrected chi connectivity index (χ3v) is 2.32. The molecule has 2 rings (SSSR count). The van der Waals surface area contributed by atoms with Crippen molar-refractivity contribution in [3.8, 4) is 17.0 Å². The number of phenols is 1. The summed E-state index contributed by atoms with van der Waals surface area (Å²) in [5.41, 5.74) is 7.65. The van der Waals surface area contributed by atoms with Crippen LogP contribution in [0.4, 0.5) is 0 Å². The van der Waals surface area contributed by atoms with E-state index >= 15 is 0 Å². The molecule has 0 spiro atoms. The van der Waals surface area contributed by atoms with Gasteiger partial charge in [-0.1, -0.05) is 0 Å². The van der Waals surface area contributed by atoms with E-state index in [0.717, 1.165) is 11.1 Å². The molecule has 0 aliphatic rings. The van der Waals surface area contributed by atoms with Gasteiger partial charge in [0, 0.05) is 18.3 Å². The van der Waals surface area contributed by atoms with E-state index in [0.29, 0.717) is 12.2 Å². The zero-order chi connectivity index (χ0) is 11.5. The number of pyridine rings is 1. The van der Waals surface area contributed by atoms with Crippen LogP contribution in [-0.2, 0) is 6.54 Å². The second-order valence-corrected chi connectivity index (χ2v) is 3.52. The van der Waals surface area contributed by atoms with Crippen LogP contribution in [0.15, 0.2) is 41.2 Å². The molecule has 1 heterocycles. The van der Waals surface area contributed by atoms with Crippen molar-refractivity contribution in [2.45, 2.75) is 6.54 Å². The number of phenolic OH excluding ortho intramolecular Hbond substituents is 1. The minimum Gasteiger partial charge on any atom is -0.508 e. The first-order valence-electron chi connectivity index (χ1n) is 4.92. The van der Waals surface area contributed by atoms with Gasteiger partial charge in [0.25, 0.3) is 0 Å². The zero-order valence-corrected chi connectivity index (χ0v) is 8.60. The first kappa shape index (κ1) is 10.4. The molecule has 0 aliphatic carbocycles. The summed E-state index contributed by atoms with van der Waals surface area (Å²) in [5.74, 6) is 0.195. The van der Waals surface area contributed by atoms with E-state index in [9.17, 15) is 4.79 Å². The van der Waals surface area contributed by atoms with Gasteiger partial charge >= 0.3 is 0 Å². The highest BCUT2D eigenvalue weighted by Crippen LogP contribution is 2.19. The van der Waals surface area contributed by atoms with Crippen LogP contribution in [0.25, 0.3) is 11.3 Å². The quantitative estimate of drug-likeness (QED) is 0.705. The third kappa shape index (κ3) is 2.12. The Bertz CT molecular complexity index is 544. The molecular weight excluding hydrogens is 204 g/mol. The maximum atomic E-state index is 11.3. The summed E-state index contributed by atoms with van der Waals surface area (Å²) in [6.07, 6.45) is 0. The molecule has 0 amide bonds. The monoisotopic (exact) mass is 216 g/mol. The highest BCUT2D eigenvalue weighted by Gasteiger charge is 2.01. The van der Waals surface area contributed by atoms with E-state index in [2.05, 4.69) is 4.98 Å². The number of benzene rings is 1. The van der Waals surface area contributed by atoms with Crippen molar-refractivity contribution in [1.82, 2.24) is 4.98 Å². The number of rotatable bonds is 2. The van der Waals surface area contributed by atoms with Crippen molar-refractivity contribution >= 4 is 0 Å². The first-order valence-corrected chi connectivity index (χ1v) is 4.92. The van der Waals surface area contributed by atoms with E-state index in [1.165, 1.54) is 6.07 Å². The molecule has 0 saturated heterocycles. The highest BCUT2D eigenvalue weighted by atomic mass is 16.3. The van der Waals surface area contributed by atoms with E-state index in [-0.39, 0.29) is 11.3 Å². The fourth-order valence-corrected chi connectivity index (χ4v) is 1.51. The summed E-state index contributed by atoms with van der Waals surface area (Å²) in [6, 6.07) is 9.92. The molecule has 0 atom stereocenters. The van der Waals surface area contributed by atoms with E-state index in [4.69, 9.17) is 10.8 Å². The molecule has 0 radical (unpaired) electrons.